The molecule has 226 valence electrons. The molecule has 0 aliphatic carbocycles. The minimum Gasteiger partial charge on any atom is -0.478 e. The first kappa shape index (κ1) is 29.5. The second-order valence-corrected chi connectivity index (χ2v) is 12.6. The van der Waals surface area contributed by atoms with Crippen molar-refractivity contribution in [3.8, 4) is 0 Å². The highest BCUT2D eigenvalue weighted by Gasteiger charge is 2.46. The zero-order chi connectivity index (χ0) is 29.9. The van der Waals surface area contributed by atoms with E-state index in [0.29, 0.717) is 37.0 Å². The highest BCUT2D eigenvalue weighted by Crippen LogP contribution is 2.38. The van der Waals surface area contributed by atoms with Gasteiger partial charge in [-0.25, -0.2) is 23.9 Å². The molecule has 0 spiro atoms. The number of amides is 2. The van der Waals surface area contributed by atoms with E-state index < -0.39 is 5.97 Å². The van der Waals surface area contributed by atoms with Crippen LogP contribution in [-0.4, -0.2) is 86.7 Å². The number of benzene rings is 2. The summed E-state index contributed by atoms with van der Waals surface area (Å²) < 4.78 is 20.7. The standard InChI is InChI=1S/C32H36FN5O4S/c1-21-2-7-28(33)27(16-21)29-20-37(24-10-14-42-15-11-24)32(41)38(29)25-8-12-36(13-9-25)19-22-17-34-31(35-18-22)43-26-5-3-23(4-6-26)30(39)40/h2-7,16-18,24-25,29H,8-15,19-20H2,1H3,(H,39,40). The maximum Gasteiger partial charge on any atom is 0.335 e. The van der Waals surface area contributed by atoms with Gasteiger partial charge in [0, 0.05) is 79.9 Å². The van der Waals surface area contributed by atoms with Crippen LogP contribution in [0.4, 0.5) is 9.18 Å². The van der Waals surface area contributed by atoms with Crippen LogP contribution in [0.1, 0.15) is 58.8 Å². The number of carboxylic acids is 1. The van der Waals surface area contributed by atoms with E-state index in [9.17, 15) is 9.59 Å². The lowest BCUT2D eigenvalue weighted by molar-refractivity contribution is 0.0493. The van der Waals surface area contributed by atoms with Gasteiger partial charge in [0.1, 0.15) is 5.82 Å². The van der Waals surface area contributed by atoms with E-state index in [1.54, 1.807) is 30.3 Å². The monoisotopic (exact) mass is 605 g/mol. The molecular weight excluding hydrogens is 569 g/mol. The van der Waals surface area contributed by atoms with Crippen molar-refractivity contribution in [1.82, 2.24) is 24.7 Å². The fraction of sp³-hybridized carbons (Fsp3) is 0.438. The van der Waals surface area contributed by atoms with Gasteiger partial charge in [0.05, 0.1) is 11.6 Å². The molecule has 1 aromatic heterocycles. The number of aryl methyl sites for hydroxylation is 1. The van der Waals surface area contributed by atoms with Gasteiger partial charge in [0.15, 0.2) is 5.16 Å². The Labute approximate surface area is 255 Å². The molecule has 3 saturated heterocycles. The van der Waals surface area contributed by atoms with Crippen LogP contribution in [0.5, 0.6) is 0 Å². The van der Waals surface area contributed by atoms with Crippen molar-refractivity contribution < 1.29 is 23.8 Å². The van der Waals surface area contributed by atoms with Crippen LogP contribution in [-0.2, 0) is 11.3 Å². The van der Waals surface area contributed by atoms with Gasteiger partial charge in [-0.15, -0.1) is 0 Å². The molecule has 1 atom stereocenters. The summed E-state index contributed by atoms with van der Waals surface area (Å²) in [5.41, 5.74) is 2.85. The Bertz CT molecular complexity index is 1440. The second kappa shape index (κ2) is 13.0. The van der Waals surface area contributed by atoms with Crippen LogP contribution in [0, 0.1) is 12.7 Å². The molecule has 11 heteroatoms. The highest BCUT2D eigenvalue weighted by atomic mass is 32.2. The van der Waals surface area contributed by atoms with Gasteiger partial charge in [-0.2, -0.15) is 0 Å². The van der Waals surface area contributed by atoms with Crippen LogP contribution >= 0.6 is 11.8 Å². The molecule has 4 heterocycles. The number of aromatic carboxylic acids is 1. The Balaban J connectivity index is 1.09. The number of hydrogen-bond acceptors (Lipinski definition) is 7. The summed E-state index contributed by atoms with van der Waals surface area (Å²) in [6.07, 6.45) is 6.93. The van der Waals surface area contributed by atoms with Crippen LogP contribution < -0.4 is 0 Å². The predicted octanol–water partition coefficient (Wildman–Crippen LogP) is 5.40. The summed E-state index contributed by atoms with van der Waals surface area (Å²) in [7, 11) is 0. The van der Waals surface area contributed by atoms with E-state index in [1.807, 2.05) is 35.2 Å². The van der Waals surface area contributed by atoms with Crippen molar-refractivity contribution in [1.29, 1.82) is 0 Å². The first-order valence-corrected chi connectivity index (χ1v) is 15.6. The van der Waals surface area contributed by atoms with E-state index in [1.165, 1.54) is 17.8 Å². The quantitative estimate of drug-likeness (QED) is 0.341. The van der Waals surface area contributed by atoms with Crippen molar-refractivity contribution in [3.05, 3.63) is 82.9 Å². The van der Waals surface area contributed by atoms with E-state index in [4.69, 9.17) is 9.84 Å². The minimum atomic E-state index is -0.954. The van der Waals surface area contributed by atoms with E-state index in [0.717, 1.165) is 54.8 Å². The topological polar surface area (TPSA) is 99.1 Å². The fourth-order valence-electron chi connectivity index (χ4n) is 6.38. The molecule has 1 N–H and O–H groups in total. The molecule has 0 radical (unpaired) electrons. The molecule has 43 heavy (non-hydrogen) atoms. The van der Waals surface area contributed by atoms with E-state index in [-0.39, 0.29) is 35.5 Å². The number of rotatable bonds is 8. The highest BCUT2D eigenvalue weighted by molar-refractivity contribution is 7.99. The number of nitrogens with zero attached hydrogens (tertiary/aromatic N) is 5. The van der Waals surface area contributed by atoms with Crippen molar-refractivity contribution in [2.45, 2.75) is 67.3 Å². The van der Waals surface area contributed by atoms with Gasteiger partial charge in [0.25, 0.3) is 0 Å². The lowest BCUT2D eigenvalue weighted by atomic mass is 9.97. The predicted molar refractivity (Wildman–Crippen MR) is 160 cm³/mol. The average molecular weight is 606 g/mol. The molecule has 3 aromatic rings. The maximum absolute atomic E-state index is 15.1. The minimum absolute atomic E-state index is 0.0235. The Kier molecular flexibility index (Phi) is 8.92. The Hall–Kier alpha value is -3.54. The number of aromatic nitrogens is 2. The van der Waals surface area contributed by atoms with Gasteiger partial charge < -0.3 is 19.6 Å². The molecule has 3 aliphatic heterocycles. The SMILES string of the molecule is Cc1ccc(F)c(C2CN(C3CCOCC3)C(=O)N2C2CCN(Cc3cnc(Sc4ccc(C(=O)O)cc4)nc3)CC2)c1. The molecule has 6 rings (SSSR count). The van der Waals surface area contributed by atoms with Crippen molar-refractivity contribution in [2.24, 2.45) is 0 Å². The summed E-state index contributed by atoms with van der Waals surface area (Å²) >= 11 is 1.38. The summed E-state index contributed by atoms with van der Waals surface area (Å²) in [5.74, 6) is -1.20. The lowest BCUT2D eigenvalue weighted by Gasteiger charge is -2.39. The zero-order valence-electron chi connectivity index (χ0n) is 24.2. The van der Waals surface area contributed by atoms with Crippen LogP contribution in [0.2, 0.25) is 0 Å². The fourth-order valence-corrected chi connectivity index (χ4v) is 7.07. The van der Waals surface area contributed by atoms with Gasteiger partial charge >= 0.3 is 12.0 Å². The third kappa shape index (κ3) is 6.68. The molecule has 2 amide bonds. The number of piperidine rings is 1. The number of hydrogen-bond donors (Lipinski definition) is 1. The Morgan fingerprint density at radius 2 is 1.72 bits per heavy atom. The number of carbonyl (C=O) groups is 2. The van der Waals surface area contributed by atoms with Gasteiger partial charge in [-0.05, 0) is 74.7 Å². The Morgan fingerprint density at radius 3 is 2.40 bits per heavy atom. The molecule has 3 aliphatic rings. The molecular formula is C32H36FN5O4S. The van der Waals surface area contributed by atoms with E-state index >= 15 is 4.39 Å². The van der Waals surface area contributed by atoms with Gasteiger partial charge in [-0.1, -0.05) is 17.7 Å². The normalized spacial score (nSPS) is 20.6. The summed E-state index contributed by atoms with van der Waals surface area (Å²) in [4.78, 5) is 41.1. The van der Waals surface area contributed by atoms with Gasteiger partial charge in [-0.3, -0.25) is 4.90 Å². The molecule has 1 unspecified atom stereocenters. The van der Waals surface area contributed by atoms with Gasteiger partial charge in [0.2, 0.25) is 0 Å². The van der Waals surface area contributed by atoms with E-state index in [2.05, 4.69) is 14.9 Å². The molecule has 9 nitrogen and oxygen atoms in total. The summed E-state index contributed by atoms with van der Waals surface area (Å²) in [6, 6.07) is 11.7. The summed E-state index contributed by atoms with van der Waals surface area (Å²) in [5, 5.41) is 9.68. The van der Waals surface area contributed by atoms with Crippen molar-refractivity contribution in [2.75, 3.05) is 32.8 Å². The van der Waals surface area contributed by atoms with Crippen molar-refractivity contribution >= 4 is 23.8 Å². The third-order valence-electron chi connectivity index (χ3n) is 8.66. The third-order valence-corrected chi connectivity index (χ3v) is 9.56. The average Bonchev–Trinajstić information content (AvgIpc) is 3.37. The number of halogens is 1. The van der Waals surface area contributed by atoms with Crippen LogP contribution in [0.3, 0.4) is 0 Å². The number of ether oxygens (including phenoxy) is 1. The maximum atomic E-state index is 15.1. The van der Waals surface area contributed by atoms with Crippen LogP contribution in [0.25, 0.3) is 0 Å². The summed E-state index contributed by atoms with van der Waals surface area (Å²) in [6.45, 7) is 6.13. The number of urea groups is 1. The Morgan fingerprint density at radius 1 is 1.02 bits per heavy atom. The smallest absolute Gasteiger partial charge is 0.335 e. The largest absolute Gasteiger partial charge is 0.478 e. The van der Waals surface area contributed by atoms with Crippen LogP contribution in [0.15, 0.2) is 64.9 Å². The lowest BCUT2D eigenvalue weighted by Crippen LogP contribution is -2.48. The second-order valence-electron chi connectivity index (χ2n) is 11.5. The zero-order valence-corrected chi connectivity index (χ0v) is 25.0. The molecule has 0 saturated carbocycles. The van der Waals surface area contributed by atoms with Crippen molar-refractivity contribution in [3.63, 3.8) is 0 Å². The molecule has 3 fully saturated rings. The first-order valence-electron chi connectivity index (χ1n) is 14.8. The number of likely N-dealkylation sites (tertiary alicyclic amines) is 1. The first-order chi connectivity index (χ1) is 20.9. The number of carboxylic acid groups (broad SMARTS) is 1. The number of carbonyl (C=O) groups excluding carboxylic acids is 1. The molecule has 0 bridgehead atoms. The molecule has 2 aromatic carbocycles.